The van der Waals surface area contributed by atoms with Crippen molar-refractivity contribution < 1.29 is 32.9 Å². The number of imide groups is 2. The lowest BCUT2D eigenvalue weighted by Gasteiger charge is -2.38. The minimum absolute atomic E-state index is 0.377. The van der Waals surface area contributed by atoms with Gasteiger partial charge in [-0.2, -0.15) is 0 Å². The van der Waals surface area contributed by atoms with E-state index in [1.165, 1.54) is 5.32 Å². The molecule has 3 N–H and O–H groups in total. The van der Waals surface area contributed by atoms with Gasteiger partial charge in [0, 0.05) is 21.7 Å². The van der Waals surface area contributed by atoms with E-state index in [0.29, 0.717) is 0 Å². The molecule has 0 radical (unpaired) electrons. The summed E-state index contributed by atoms with van der Waals surface area (Å²) in [6, 6.07) is -2.72. The van der Waals surface area contributed by atoms with Crippen molar-refractivity contribution in [2.75, 3.05) is 5.73 Å². The number of carbonyl (C=O) groups is 4. The fourth-order valence-corrected chi connectivity index (χ4v) is 2.01. The zero-order valence-corrected chi connectivity index (χ0v) is 10.2. The third-order valence-corrected chi connectivity index (χ3v) is 2.99. The molecule has 0 spiro atoms. The maximum absolute atomic E-state index is 13.1. The fraction of sp³-hybridized carbons (Fsp3) is 0.286. The van der Waals surface area contributed by atoms with Crippen LogP contribution < -0.4 is 11.1 Å². The number of benzene rings is 1. The number of nitrogen functional groups attached to an aromatic ring is 1. The van der Waals surface area contributed by atoms with Crippen molar-refractivity contribution in [1.29, 1.82) is 0 Å². The number of carbonyl (C=O) groups excluding carboxylic acids is 4. The van der Waals surface area contributed by atoms with Gasteiger partial charge in [0.25, 0.3) is 17.7 Å². The fourth-order valence-electron chi connectivity index (χ4n) is 2.01. The molecule has 2 aliphatic heterocycles. The van der Waals surface area contributed by atoms with E-state index in [4.69, 9.17) is 19.4 Å². The number of hydrogen-bond donors (Lipinski definition) is 2. The van der Waals surface area contributed by atoms with Gasteiger partial charge in [0.1, 0.15) is 5.54 Å². The molecule has 2 heterocycles. The Morgan fingerprint density at radius 3 is 2.86 bits per heavy atom. The molecule has 1 saturated heterocycles. The summed E-state index contributed by atoms with van der Waals surface area (Å²) >= 11 is 0. The highest BCUT2D eigenvalue weighted by Gasteiger charge is 2.53. The van der Waals surface area contributed by atoms with Gasteiger partial charge >= 0.3 is 0 Å². The SMILES string of the molecule is [2H]c1c([2H])c(N)c2c(c1[2H])C(=O)N(C1(C([2H])([2H])[2H])C(=O)NC(=O)C([2H])([2H])C1([2H])[2H])C2=O. The Hall–Kier alpha value is -2.70. The van der Waals surface area contributed by atoms with Crippen molar-refractivity contribution in [2.45, 2.75) is 25.1 Å². The first-order valence-corrected chi connectivity index (χ1v) is 5.53. The first-order valence-electron chi connectivity index (χ1n) is 10.5. The summed E-state index contributed by atoms with van der Waals surface area (Å²) in [7, 11) is 0. The second kappa shape index (κ2) is 4.15. The van der Waals surface area contributed by atoms with E-state index >= 15 is 0 Å². The largest absolute Gasteiger partial charge is 0.398 e. The predicted octanol–water partition coefficient (Wildman–Crippen LogP) is 0.0601. The Morgan fingerprint density at radius 1 is 1.38 bits per heavy atom. The molecule has 21 heavy (non-hydrogen) atoms. The lowest BCUT2D eigenvalue weighted by molar-refractivity contribution is -0.140. The van der Waals surface area contributed by atoms with E-state index in [9.17, 15) is 19.2 Å². The predicted molar refractivity (Wildman–Crippen MR) is 72.1 cm³/mol. The molecule has 1 unspecified atom stereocenters. The van der Waals surface area contributed by atoms with Crippen LogP contribution in [0.5, 0.6) is 0 Å². The van der Waals surface area contributed by atoms with Crippen LogP contribution in [0.15, 0.2) is 18.1 Å². The molecule has 2 aliphatic rings. The molecule has 1 aromatic carbocycles. The van der Waals surface area contributed by atoms with E-state index in [0.717, 1.165) is 0 Å². The molecule has 0 bridgehead atoms. The third kappa shape index (κ3) is 1.67. The minimum Gasteiger partial charge on any atom is -0.398 e. The molecule has 7 nitrogen and oxygen atoms in total. The summed E-state index contributed by atoms with van der Waals surface area (Å²) in [5.74, 6) is -7.18. The van der Waals surface area contributed by atoms with Gasteiger partial charge in [0.2, 0.25) is 5.91 Å². The van der Waals surface area contributed by atoms with Crippen molar-refractivity contribution in [2.24, 2.45) is 0 Å². The van der Waals surface area contributed by atoms with Crippen molar-refractivity contribution in [1.82, 2.24) is 10.2 Å². The normalized spacial score (nSPS) is 37.4. The van der Waals surface area contributed by atoms with Gasteiger partial charge in [-0.15, -0.1) is 0 Å². The van der Waals surface area contributed by atoms with Crippen LogP contribution in [-0.4, -0.2) is 34.1 Å². The van der Waals surface area contributed by atoms with Gasteiger partial charge in [-0.3, -0.25) is 29.4 Å². The summed E-state index contributed by atoms with van der Waals surface area (Å²) in [6.07, 6.45) is -7.66. The molecular formula is C14H13N3O4. The summed E-state index contributed by atoms with van der Waals surface area (Å²) in [5, 5.41) is 1.37. The van der Waals surface area contributed by atoms with Crippen molar-refractivity contribution >= 4 is 29.3 Å². The van der Waals surface area contributed by atoms with Crippen LogP contribution in [0.1, 0.15) is 54.0 Å². The van der Waals surface area contributed by atoms with Crippen molar-refractivity contribution in [3.63, 3.8) is 0 Å². The van der Waals surface area contributed by atoms with E-state index < -0.39 is 83.7 Å². The van der Waals surface area contributed by atoms with Crippen LogP contribution in [0.4, 0.5) is 5.69 Å². The zero-order chi connectivity index (χ0) is 24.1. The number of anilines is 1. The third-order valence-electron chi connectivity index (χ3n) is 2.99. The zero-order valence-electron chi connectivity index (χ0n) is 20.2. The first kappa shape index (κ1) is 5.97. The standard InChI is InChI=1S/C14H13N3O4/c1-14(6-5-9(18)16-13(14)21)17-11(19)7-3-2-4-8(15)10(7)12(17)20/h2-4H,5-6,15H2,1H3,(H,16,18,21)/i1D3,2D,3D,4D,5D2,6D2. The molecule has 7 heteroatoms. The first-order chi connectivity index (χ1) is 13.9. The second-order valence-corrected chi connectivity index (χ2v) is 4.23. The molecule has 0 aliphatic carbocycles. The van der Waals surface area contributed by atoms with Gasteiger partial charge in [-0.25, -0.2) is 0 Å². The summed E-state index contributed by atoms with van der Waals surface area (Å²) in [4.78, 5) is 50.6. The maximum atomic E-state index is 13.1. The van der Waals surface area contributed by atoms with Crippen molar-refractivity contribution in [3.8, 4) is 0 Å². The minimum atomic E-state index is -3.97. The molecule has 4 amide bonds. The van der Waals surface area contributed by atoms with Crippen LogP contribution in [0, 0.1) is 0 Å². The summed E-state index contributed by atoms with van der Waals surface area (Å²) in [5.41, 5.74) is -0.866. The van der Waals surface area contributed by atoms with Gasteiger partial charge in [-0.1, -0.05) is 6.04 Å². The van der Waals surface area contributed by atoms with Crippen LogP contribution in [0.2, 0.25) is 0 Å². The number of rotatable bonds is 1. The van der Waals surface area contributed by atoms with Crippen LogP contribution in [0.25, 0.3) is 0 Å². The Labute approximate surface area is 134 Å². The molecule has 3 rings (SSSR count). The highest BCUT2D eigenvalue weighted by atomic mass is 16.2. The Morgan fingerprint density at radius 2 is 2.14 bits per heavy atom. The average Bonchev–Trinajstić information content (AvgIpc) is 2.88. The van der Waals surface area contributed by atoms with Crippen LogP contribution in [-0.2, 0) is 9.59 Å². The van der Waals surface area contributed by atoms with Gasteiger partial charge in [0.15, 0.2) is 0 Å². The number of nitrogens with one attached hydrogen (secondary N) is 1. The lowest BCUT2D eigenvalue weighted by Crippen LogP contribution is -2.62. The van der Waals surface area contributed by atoms with E-state index in [-0.39, 0.29) is 4.90 Å². The Bertz CT molecular complexity index is 1050. The molecule has 0 aromatic heterocycles. The maximum Gasteiger partial charge on any atom is 0.264 e. The molecule has 1 aromatic rings. The quantitative estimate of drug-likeness (QED) is 0.562. The molecule has 1 fully saturated rings. The number of nitrogens with two attached hydrogens (primary N) is 1. The highest BCUT2D eigenvalue weighted by Crippen LogP contribution is 2.35. The molecule has 0 saturated carbocycles. The molecule has 1 atom stereocenters. The Kier molecular flexibility index (Phi) is 1.18. The summed E-state index contributed by atoms with van der Waals surface area (Å²) in [6.45, 7) is -3.91. The van der Waals surface area contributed by atoms with E-state index in [1.807, 2.05) is 0 Å². The van der Waals surface area contributed by atoms with Crippen LogP contribution in [0.3, 0.4) is 0 Å². The number of piperidine rings is 1. The molecular weight excluding hydrogens is 274 g/mol. The molecule has 108 valence electrons. The highest BCUT2D eigenvalue weighted by molar-refractivity contribution is 6.26. The number of amides is 4. The lowest BCUT2D eigenvalue weighted by atomic mass is 9.89. The Balaban J connectivity index is 2.45. The monoisotopic (exact) mass is 297 g/mol. The van der Waals surface area contributed by atoms with Crippen molar-refractivity contribution in [3.05, 3.63) is 29.3 Å². The topological polar surface area (TPSA) is 110 Å². The van der Waals surface area contributed by atoms with Crippen LogP contribution >= 0.6 is 0 Å². The summed E-state index contributed by atoms with van der Waals surface area (Å²) < 4.78 is 78.6. The number of fused-ring (bicyclic) bond motifs is 1. The smallest absolute Gasteiger partial charge is 0.264 e. The van der Waals surface area contributed by atoms with Gasteiger partial charge in [-0.05, 0) is 25.3 Å². The van der Waals surface area contributed by atoms with Gasteiger partial charge < -0.3 is 5.73 Å². The number of hydrogen-bond acceptors (Lipinski definition) is 5. The van der Waals surface area contributed by atoms with E-state index in [1.54, 1.807) is 0 Å². The van der Waals surface area contributed by atoms with E-state index in [2.05, 4.69) is 0 Å². The second-order valence-electron chi connectivity index (χ2n) is 4.23. The number of nitrogens with zero attached hydrogens (tertiary/aromatic N) is 1. The van der Waals surface area contributed by atoms with Gasteiger partial charge in [0.05, 0.1) is 15.2 Å². The average molecular weight is 297 g/mol.